The molecule has 3 N–H and O–H groups in total. The van der Waals surface area contributed by atoms with E-state index in [1.54, 1.807) is 31.2 Å². The van der Waals surface area contributed by atoms with Crippen molar-refractivity contribution in [2.75, 3.05) is 0 Å². The van der Waals surface area contributed by atoms with E-state index in [0.717, 1.165) is 11.1 Å². The Hall–Kier alpha value is -2.16. The van der Waals surface area contributed by atoms with Crippen molar-refractivity contribution in [1.29, 1.82) is 0 Å². The van der Waals surface area contributed by atoms with E-state index >= 15 is 0 Å². The molecule has 0 aromatic heterocycles. The molecule has 0 aliphatic carbocycles. The molecule has 0 fully saturated rings. The van der Waals surface area contributed by atoms with Crippen molar-refractivity contribution in [3.63, 3.8) is 0 Å². The molecular weight excluding hydrogens is 228 g/mol. The molecule has 0 atom stereocenters. The molecule has 0 unspecified atom stereocenters. The molecule has 0 heterocycles. The normalized spacial score (nSPS) is 10.6. The van der Waals surface area contributed by atoms with Gasteiger partial charge in [-0.2, -0.15) is 0 Å². The van der Waals surface area contributed by atoms with Crippen molar-refractivity contribution >= 4 is 0 Å². The van der Waals surface area contributed by atoms with Gasteiger partial charge in [-0.25, -0.2) is 0 Å². The lowest BCUT2D eigenvalue weighted by atomic mass is 9.92. The standard InChI is InChI=1S/C15H16O3/c1-8-9(2)13(15(18)14(17)10(8)3)11-6-4-5-7-12(11)16/h4-7,16-18H,1-3H3. The summed E-state index contributed by atoms with van der Waals surface area (Å²) in [4.78, 5) is 0. The van der Waals surface area contributed by atoms with Gasteiger partial charge in [-0.1, -0.05) is 18.2 Å². The minimum Gasteiger partial charge on any atom is -0.507 e. The minimum absolute atomic E-state index is 0.0820. The van der Waals surface area contributed by atoms with E-state index in [1.807, 2.05) is 13.8 Å². The molecule has 0 saturated heterocycles. The predicted octanol–water partition coefficient (Wildman–Crippen LogP) is 3.40. The molecule has 3 nitrogen and oxygen atoms in total. The average Bonchev–Trinajstić information content (AvgIpc) is 2.36. The summed E-state index contributed by atoms with van der Waals surface area (Å²) in [6.07, 6.45) is 0. The van der Waals surface area contributed by atoms with E-state index in [2.05, 4.69) is 0 Å². The molecule has 94 valence electrons. The molecule has 0 amide bonds. The Morgan fingerprint density at radius 3 is 1.94 bits per heavy atom. The monoisotopic (exact) mass is 244 g/mol. The third kappa shape index (κ3) is 1.68. The fourth-order valence-electron chi connectivity index (χ4n) is 2.13. The third-order valence-electron chi connectivity index (χ3n) is 3.49. The van der Waals surface area contributed by atoms with Crippen LogP contribution in [0.25, 0.3) is 11.1 Å². The van der Waals surface area contributed by atoms with Gasteiger partial charge in [0.05, 0.1) is 0 Å². The van der Waals surface area contributed by atoms with Crippen LogP contribution >= 0.6 is 0 Å². The van der Waals surface area contributed by atoms with Crippen molar-refractivity contribution in [1.82, 2.24) is 0 Å². The summed E-state index contributed by atoms with van der Waals surface area (Å²) < 4.78 is 0. The van der Waals surface area contributed by atoms with Crippen LogP contribution in [0.5, 0.6) is 17.2 Å². The summed E-state index contributed by atoms with van der Waals surface area (Å²) in [6.45, 7) is 5.50. The van der Waals surface area contributed by atoms with Crippen LogP contribution in [0.4, 0.5) is 0 Å². The molecule has 3 heteroatoms. The van der Waals surface area contributed by atoms with Crippen LogP contribution in [-0.4, -0.2) is 15.3 Å². The van der Waals surface area contributed by atoms with Crippen LogP contribution < -0.4 is 0 Å². The first-order valence-electron chi connectivity index (χ1n) is 5.75. The fraction of sp³-hybridized carbons (Fsp3) is 0.200. The molecule has 2 aromatic carbocycles. The van der Waals surface area contributed by atoms with Gasteiger partial charge in [0.25, 0.3) is 0 Å². The van der Waals surface area contributed by atoms with Gasteiger partial charge in [0.2, 0.25) is 0 Å². The van der Waals surface area contributed by atoms with E-state index in [0.29, 0.717) is 16.7 Å². The highest BCUT2D eigenvalue weighted by Gasteiger charge is 2.19. The van der Waals surface area contributed by atoms with Gasteiger partial charge in [-0.15, -0.1) is 0 Å². The van der Waals surface area contributed by atoms with Crippen LogP contribution in [0.1, 0.15) is 16.7 Å². The summed E-state index contributed by atoms with van der Waals surface area (Å²) in [6, 6.07) is 6.76. The lowest BCUT2D eigenvalue weighted by Crippen LogP contribution is -1.93. The van der Waals surface area contributed by atoms with Gasteiger partial charge < -0.3 is 15.3 Å². The van der Waals surface area contributed by atoms with E-state index in [4.69, 9.17) is 0 Å². The van der Waals surface area contributed by atoms with Crippen molar-refractivity contribution in [3.05, 3.63) is 41.0 Å². The summed E-state index contributed by atoms with van der Waals surface area (Å²) in [7, 11) is 0. The Kier molecular flexibility index (Phi) is 2.91. The zero-order chi connectivity index (χ0) is 13.4. The van der Waals surface area contributed by atoms with Gasteiger partial charge in [-0.3, -0.25) is 0 Å². The number of benzene rings is 2. The average molecular weight is 244 g/mol. The Morgan fingerprint density at radius 1 is 0.722 bits per heavy atom. The molecule has 2 aromatic rings. The Morgan fingerprint density at radius 2 is 1.33 bits per heavy atom. The quantitative estimate of drug-likeness (QED) is 0.674. The van der Waals surface area contributed by atoms with Crippen molar-refractivity contribution in [2.45, 2.75) is 20.8 Å². The highest BCUT2D eigenvalue weighted by Crippen LogP contribution is 2.45. The van der Waals surface area contributed by atoms with Crippen molar-refractivity contribution in [3.8, 4) is 28.4 Å². The number of rotatable bonds is 1. The van der Waals surface area contributed by atoms with E-state index in [9.17, 15) is 15.3 Å². The number of phenolic OH excluding ortho intramolecular Hbond substituents is 3. The Balaban J connectivity index is 2.85. The minimum atomic E-state index is -0.183. The summed E-state index contributed by atoms with van der Waals surface area (Å²) in [5.74, 6) is -0.230. The molecule has 0 saturated carbocycles. The summed E-state index contributed by atoms with van der Waals surface area (Å²) in [5.41, 5.74) is 3.41. The van der Waals surface area contributed by atoms with Gasteiger partial charge >= 0.3 is 0 Å². The maximum absolute atomic E-state index is 10.1. The maximum Gasteiger partial charge on any atom is 0.166 e. The lowest BCUT2D eigenvalue weighted by Gasteiger charge is -2.16. The van der Waals surface area contributed by atoms with E-state index < -0.39 is 0 Å². The lowest BCUT2D eigenvalue weighted by molar-refractivity contribution is 0.401. The highest BCUT2D eigenvalue weighted by atomic mass is 16.3. The first-order chi connectivity index (χ1) is 8.45. The number of hydrogen-bond donors (Lipinski definition) is 3. The molecule has 0 radical (unpaired) electrons. The highest BCUT2D eigenvalue weighted by molar-refractivity contribution is 5.82. The van der Waals surface area contributed by atoms with Gasteiger partial charge in [0, 0.05) is 11.1 Å². The molecule has 0 spiro atoms. The second-order valence-corrected chi connectivity index (χ2v) is 4.46. The number of para-hydroxylation sites is 1. The molecule has 0 aliphatic rings. The third-order valence-corrected chi connectivity index (χ3v) is 3.49. The first kappa shape index (κ1) is 12.3. The van der Waals surface area contributed by atoms with Crippen LogP contribution in [-0.2, 0) is 0 Å². The van der Waals surface area contributed by atoms with E-state index in [-0.39, 0.29) is 17.2 Å². The summed E-state index contributed by atoms with van der Waals surface area (Å²) in [5, 5.41) is 29.9. The van der Waals surface area contributed by atoms with Crippen LogP contribution in [0, 0.1) is 20.8 Å². The summed E-state index contributed by atoms with van der Waals surface area (Å²) >= 11 is 0. The van der Waals surface area contributed by atoms with E-state index in [1.165, 1.54) is 0 Å². The number of phenols is 3. The number of hydrogen-bond acceptors (Lipinski definition) is 3. The Bertz CT molecular complexity index is 586. The zero-order valence-corrected chi connectivity index (χ0v) is 10.7. The predicted molar refractivity (Wildman–Crippen MR) is 71.1 cm³/mol. The molecule has 2 rings (SSSR count). The second-order valence-electron chi connectivity index (χ2n) is 4.46. The zero-order valence-electron chi connectivity index (χ0n) is 10.7. The molecule has 0 aliphatic heterocycles. The molecular formula is C15H16O3. The maximum atomic E-state index is 10.1. The SMILES string of the molecule is Cc1c(C)c(O)c(O)c(-c2ccccc2O)c1C. The van der Waals surface area contributed by atoms with Crippen molar-refractivity contribution < 1.29 is 15.3 Å². The van der Waals surface area contributed by atoms with Crippen LogP contribution in [0.15, 0.2) is 24.3 Å². The van der Waals surface area contributed by atoms with Gasteiger partial charge in [-0.05, 0) is 43.5 Å². The molecule has 18 heavy (non-hydrogen) atoms. The Labute approximate surface area is 106 Å². The smallest absolute Gasteiger partial charge is 0.166 e. The van der Waals surface area contributed by atoms with Gasteiger partial charge in [0.1, 0.15) is 5.75 Å². The fourth-order valence-corrected chi connectivity index (χ4v) is 2.13. The van der Waals surface area contributed by atoms with Gasteiger partial charge in [0.15, 0.2) is 11.5 Å². The molecule has 0 bridgehead atoms. The van der Waals surface area contributed by atoms with Crippen molar-refractivity contribution in [2.24, 2.45) is 0 Å². The second kappa shape index (κ2) is 4.26. The first-order valence-corrected chi connectivity index (χ1v) is 5.75. The topological polar surface area (TPSA) is 60.7 Å². The number of aromatic hydroxyl groups is 3. The largest absolute Gasteiger partial charge is 0.507 e. The van der Waals surface area contributed by atoms with Crippen LogP contribution in [0.3, 0.4) is 0 Å². The van der Waals surface area contributed by atoms with Crippen LogP contribution in [0.2, 0.25) is 0 Å².